The van der Waals surface area contributed by atoms with Crippen molar-refractivity contribution in [1.82, 2.24) is 0 Å². The van der Waals surface area contributed by atoms with Gasteiger partial charge >= 0.3 is 0 Å². The molecule has 17 heavy (non-hydrogen) atoms. The Hall–Kier alpha value is -1.18. The maximum absolute atomic E-state index is 9.28. The van der Waals surface area contributed by atoms with Crippen molar-refractivity contribution >= 4 is 0 Å². The van der Waals surface area contributed by atoms with Crippen molar-refractivity contribution in [3.63, 3.8) is 0 Å². The van der Waals surface area contributed by atoms with Gasteiger partial charge in [-0.1, -0.05) is 6.92 Å². The van der Waals surface area contributed by atoms with Crippen LogP contribution in [0.3, 0.4) is 0 Å². The Morgan fingerprint density at radius 2 is 1.29 bits per heavy atom. The number of nitrogens with zero attached hydrogens (tertiary/aromatic N) is 2. The molecule has 1 atom stereocenters. The molecule has 0 amide bonds. The molecular formula is C11H16N2O4. The Labute approximate surface area is 101 Å². The first kappa shape index (κ1) is 13.9. The molecule has 0 aliphatic heterocycles. The number of hydrogen-bond donors (Lipinski definition) is 0. The van der Waals surface area contributed by atoms with Gasteiger partial charge in [0, 0.05) is 28.4 Å². The first-order valence-electron chi connectivity index (χ1n) is 5.05. The van der Waals surface area contributed by atoms with E-state index < -0.39 is 22.9 Å². The van der Waals surface area contributed by atoms with E-state index in [1.165, 1.54) is 28.4 Å². The molecule has 0 aromatic heterocycles. The van der Waals surface area contributed by atoms with E-state index >= 15 is 0 Å². The quantitative estimate of drug-likeness (QED) is 0.671. The topological polar surface area (TPSA) is 84.5 Å². The fraction of sp³-hybridized carbons (Fsp3) is 0.818. The molecule has 1 fully saturated rings. The summed E-state index contributed by atoms with van der Waals surface area (Å²) >= 11 is 0. The third-order valence-electron chi connectivity index (χ3n) is 3.73. The Morgan fingerprint density at radius 3 is 1.53 bits per heavy atom. The average Bonchev–Trinajstić information content (AvgIpc) is 2.38. The van der Waals surface area contributed by atoms with Gasteiger partial charge in [-0.3, -0.25) is 0 Å². The second kappa shape index (κ2) is 4.25. The van der Waals surface area contributed by atoms with Crippen LogP contribution in [0.2, 0.25) is 0 Å². The number of nitriles is 2. The Bertz CT molecular complexity index is 360. The maximum Gasteiger partial charge on any atom is 0.257 e. The number of ether oxygens (including phenoxy) is 4. The first-order chi connectivity index (χ1) is 8.02. The van der Waals surface area contributed by atoms with E-state index in [-0.39, 0.29) is 0 Å². The summed E-state index contributed by atoms with van der Waals surface area (Å²) in [6.45, 7) is 1.69. The fourth-order valence-electron chi connectivity index (χ4n) is 2.81. The standard InChI is InChI=1S/C11H16N2O4/c1-8-9(6-12,7-13)11(16-4,17-5)10(8,14-2)15-3/h8H,1-5H3. The van der Waals surface area contributed by atoms with E-state index in [0.717, 1.165) is 0 Å². The summed E-state index contributed by atoms with van der Waals surface area (Å²) in [5.74, 6) is -3.35. The lowest BCUT2D eigenvalue weighted by atomic mass is 9.52. The van der Waals surface area contributed by atoms with Gasteiger partial charge in [0.1, 0.15) is 0 Å². The van der Waals surface area contributed by atoms with Gasteiger partial charge < -0.3 is 18.9 Å². The predicted octanol–water partition coefficient (Wildman–Crippen LogP) is 0.648. The molecule has 6 heteroatoms. The minimum absolute atomic E-state index is 0.514. The lowest BCUT2D eigenvalue weighted by molar-refractivity contribution is -0.494. The lowest BCUT2D eigenvalue weighted by Gasteiger charge is -2.64. The zero-order valence-electron chi connectivity index (χ0n) is 10.6. The van der Waals surface area contributed by atoms with Crippen molar-refractivity contribution < 1.29 is 18.9 Å². The summed E-state index contributed by atoms with van der Waals surface area (Å²) in [6, 6.07) is 3.92. The molecule has 0 spiro atoms. The molecule has 0 N–H and O–H groups in total. The van der Waals surface area contributed by atoms with E-state index in [2.05, 4.69) is 0 Å². The molecule has 1 saturated carbocycles. The van der Waals surface area contributed by atoms with Crippen molar-refractivity contribution in [2.45, 2.75) is 18.5 Å². The number of hydrogen-bond acceptors (Lipinski definition) is 6. The van der Waals surface area contributed by atoms with Crippen molar-refractivity contribution in [3.05, 3.63) is 0 Å². The molecule has 0 saturated heterocycles. The molecule has 1 aliphatic rings. The van der Waals surface area contributed by atoms with E-state index in [4.69, 9.17) is 18.9 Å². The van der Waals surface area contributed by atoms with Gasteiger partial charge in [0.25, 0.3) is 5.79 Å². The van der Waals surface area contributed by atoms with Gasteiger partial charge in [0.2, 0.25) is 11.2 Å². The summed E-state index contributed by atoms with van der Waals surface area (Å²) in [6.07, 6.45) is 0. The highest BCUT2D eigenvalue weighted by Crippen LogP contribution is 2.64. The van der Waals surface area contributed by atoms with Crippen LogP contribution in [0, 0.1) is 34.0 Å². The van der Waals surface area contributed by atoms with E-state index in [1.807, 2.05) is 12.1 Å². The van der Waals surface area contributed by atoms with Crippen LogP contribution in [-0.2, 0) is 18.9 Å². The normalized spacial score (nSPS) is 27.6. The lowest BCUT2D eigenvalue weighted by Crippen LogP contribution is -2.83. The maximum atomic E-state index is 9.28. The largest absolute Gasteiger partial charge is 0.348 e. The molecule has 0 aromatic rings. The number of methoxy groups -OCH3 is 4. The Balaban J connectivity index is 3.44. The molecule has 1 unspecified atom stereocenters. The third-order valence-corrected chi connectivity index (χ3v) is 3.73. The van der Waals surface area contributed by atoms with Gasteiger partial charge in [-0.15, -0.1) is 0 Å². The highest BCUT2D eigenvalue weighted by atomic mass is 16.8. The highest BCUT2D eigenvalue weighted by Gasteiger charge is 2.85. The zero-order valence-corrected chi connectivity index (χ0v) is 10.6. The molecule has 0 aromatic carbocycles. The van der Waals surface area contributed by atoms with Gasteiger partial charge in [0.15, 0.2) is 0 Å². The average molecular weight is 240 g/mol. The molecule has 6 nitrogen and oxygen atoms in total. The smallest absolute Gasteiger partial charge is 0.257 e. The van der Waals surface area contributed by atoms with Crippen LogP contribution in [-0.4, -0.2) is 40.0 Å². The van der Waals surface area contributed by atoms with Crippen LogP contribution in [0.25, 0.3) is 0 Å². The summed E-state index contributed by atoms with van der Waals surface area (Å²) in [4.78, 5) is 0. The summed E-state index contributed by atoms with van der Waals surface area (Å²) in [7, 11) is 5.55. The minimum atomic E-state index is -1.56. The second-order valence-electron chi connectivity index (χ2n) is 3.85. The van der Waals surface area contributed by atoms with Crippen LogP contribution < -0.4 is 0 Å². The van der Waals surface area contributed by atoms with Crippen LogP contribution in [0.15, 0.2) is 0 Å². The molecule has 94 valence electrons. The zero-order chi connectivity index (χ0) is 13.3. The van der Waals surface area contributed by atoms with Crippen molar-refractivity contribution in [3.8, 4) is 12.1 Å². The van der Waals surface area contributed by atoms with Gasteiger partial charge in [-0.2, -0.15) is 10.5 Å². The molecule has 0 bridgehead atoms. The van der Waals surface area contributed by atoms with E-state index in [0.29, 0.717) is 0 Å². The summed E-state index contributed by atoms with van der Waals surface area (Å²) in [5.41, 5.74) is -1.47. The molecule has 0 radical (unpaired) electrons. The minimum Gasteiger partial charge on any atom is -0.348 e. The van der Waals surface area contributed by atoms with Crippen molar-refractivity contribution in [2.75, 3.05) is 28.4 Å². The highest BCUT2D eigenvalue weighted by molar-refractivity contribution is 5.36. The van der Waals surface area contributed by atoms with Crippen LogP contribution >= 0.6 is 0 Å². The third kappa shape index (κ3) is 1.11. The van der Waals surface area contributed by atoms with Gasteiger partial charge in [-0.25, -0.2) is 0 Å². The summed E-state index contributed by atoms with van der Waals surface area (Å²) in [5, 5.41) is 18.6. The Kier molecular flexibility index (Phi) is 3.47. The number of rotatable bonds is 4. The van der Waals surface area contributed by atoms with Crippen LogP contribution in [0.5, 0.6) is 0 Å². The SMILES string of the molecule is COC1(OC)C(C)C(C#N)(C#N)C1(OC)OC. The van der Waals surface area contributed by atoms with Crippen LogP contribution in [0.4, 0.5) is 0 Å². The van der Waals surface area contributed by atoms with Gasteiger partial charge in [0.05, 0.1) is 18.1 Å². The molecule has 0 heterocycles. The van der Waals surface area contributed by atoms with Gasteiger partial charge in [-0.05, 0) is 0 Å². The van der Waals surface area contributed by atoms with E-state index in [9.17, 15) is 10.5 Å². The Morgan fingerprint density at radius 1 is 0.882 bits per heavy atom. The van der Waals surface area contributed by atoms with Crippen molar-refractivity contribution in [2.24, 2.45) is 11.3 Å². The monoisotopic (exact) mass is 240 g/mol. The second-order valence-corrected chi connectivity index (χ2v) is 3.85. The van der Waals surface area contributed by atoms with Crippen molar-refractivity contribution in [1.29, 1.82) is 10.5 Å². The molecule has 1 rings (SSSR count). The van der Waals surface area contributed by atoms with Crippen LogP contribution in [0.1, 0.15) is 6.92 Å². The summed E-state index contributed by atoms with van der Waals surface area (Å²) < 4.78 is 21.2. The van der Waals surface area contributed by atoms with E-state index in [1.54, 1.807) is 6.92 Å². The predicted molar refractivity (Wildman–Crippen MR) is 56.3 cm³/mol. The molecular weight excluding hydrogens is 224 g/mol. The fourth-order valence-corrected chi connectivity index (χ4v) is 2.81. The molecule has 1 aliphatic carbocycles. The first-order valence-corrected chi connectivity index (χ1v) is 5.05.